The van der Waals surface area contributed by atoms with Crippen molar-refractivity contribution in [1.82, 2.24) is 0 Å². The Hall–Kier alpha value is -2.87. The summed E-state index contributed by atoms with van der Waals surface area (Å²) in [5.41, 5.74) is 1.07. The number of rotatable bonds is 6. The zero-order valence-corrected chi connectivity index (χ0v) is 14.5. The Bertz CT molecular complexity index is 874. The van der Waals surface area contributed by atoms with Crippen LogP contribution in [0.4, 0.5) is 5.69 Å². The zero-order chi connectivity index (χ0) is 18.4. The quantitative estimate of drug-likeness (QED) is 0.790. The topological polar surface area (TPSA) is 98.8 Å². The zero-order valence-electron chi connectivity index (χ0n) is 13.7. The van der Waals surface area contributed by atoms with E-state index in [0.29, 0.717) is 11.1 Å². The summed E-state index contributed by atoms with van der Waals surface area (Å²) >= 11 is 0. The van der Waals surface area contributed by atoms with Gasteiger partial charge in [-0.15, -0.1) is 0 Å². The summed E-state index contributed by atoms with van der Waals surface area (Å²) in [7, 11) is -1.28. The maximum atomic E-state index is 12.4. The molecule has 0 heterocycles. The van der Waals surface area contributed by atoms with Gasteiger partial charge in [-0.25, -0.2) is 18.0 Å². The van der Waals surface area contributed by atoms with E-state index in [1.165, 1.54) is 50.6 Å². The number of hydrogen-bond donors (Lipinski definition) is 1. The van der Waals surface area contributed by atoms with Gasteiger partial charge in [0.2, 0.25) is 10.0 Å². The number of carbonyl (C=O) groups is 2. The molecule has 0 aromatic heterocycles. The fourth-order valence-electron chi connectivity index (χ4n) is 2.14. The molecule has 0 aliphatic rings. The highest BCUT2D eigenvalue weighted by atomic mass is 32.2. The van der Waals surface area contributed by atoms with Crippen molar-refractivity contribution in [3.8, 4) is 0 Å². The minimum atomic E-state index is -3.76. The number of nitrogens with one attached hydrogen (secondary N) is 1. The monoisotopic (exact) mass is 363 g/mol. The lowest BCUT2D eigenvalue weighted by Gasteiger charge is -2.11. The van der Waals surface area contributed by atoms with Crippen LogP contribution in [-0.4, -0.2) is 34.6 Å². The summed E-state index contributed by atoms with van der Waals surface area (Å²) in [4.78, 5) is 23.1. The highest BCUT2D eigenvalue weighted by Crippen LogP contribution is 2.19. The minimum absolute atomic E-state index is 0.120. The number of para-hydroxylation sites is 1. The van der Waals surface area contributed by atoms with Gasteiger partial charge in [-0.3, -0.25) is 4.72 Å². The molecule has 0 fully saturated rings. The molecule has 0 bridgehead atoms. The molecule has 7 nitrogen and oxygen atoms in total. The van der Waals surface area contributed by atoms with Gasteiger partial charge in [0.1, 0.15) is 0 Å². The molecule has 0 unspecified atom stereocenters. The van der Waals surface area contributed by atoms with E-state index in [-0.39, 0.29) is 17.0 Å². The van der Waals surface area contributed by atoms with Crippen molar-refractivity contribution in [2.45, 2.75) is 5.75 Å². The van der Waals surface area contributed by atoms with Crippen molar-refractivity contribution < 1.29 is 27.5 Å². The van der Waals surface area contributed by atoms with Crippen molar-refractivity contribution >= 4 is 27.6 Å². The van der Waals surface area contributed by atoms with Gasteiger partial charge < -0.3 is 9.47 Å². The number of hydrogen-bond acceptors (Lipinski definition) is 6. The molecule has 0 atom stereocenters. The van der Waals surface area contributed by atoms with E-state index in [1.54, 1.807) is 12.1 Å². The van der Waals surface area contributed by atoms with Crippen molar-refractivity contribution in [2.24, 2.45) is 0 Å². The Kier molecular flexibility index (Phi) is 5.76. The normalized spacial score (nSPS) is 10.8. The standard InChI is InChI=1S/C17H17NO6S/c1-23-16(19)13-9-7-12(8-10-13)11-25(21,22)18-15-6-4-3-5-14(15)17(20)24-2/h3-10,18H,11H2,1-2H3. The number of benzene rings is 2. The molecule has 25 heavy (non-hydrogen) atoms. The second kappa shape index (κ2) is 7.80. The van der Waals surface area contributed by atoms with Gasteiger partial charge in [-0.2, -0.15) is 0 Å². The molecule has 0 aliphatic carbocycles. The Morgan fingerprint density at radius 1 is 0.920 bits per heavy atom. The molecule has 1 N–H and O–H groups in total. The van der Waals surface area contributed by atoms with Crippen molar-refractivity contribution in [1.29, 1.82) is 0 Å². The van der Waals surface area contributed by atoms with Gasteiger partial charge in [0, 0.05) is 0 Å². The lowest BCUT2D eigenvalue weighted by atomic mass is 10.1. The fraction of sp³-hybridized carbons (Fsp3) is 0.176. The summed E-state index contributed by atoms with van der Waals surface area (Å²) in [5, 5.41) is 0. The van der Waals surface area contributed by atoms with Gasteiger partial charge in [0.05, 0.1) is 36.8 Å². The molecule has 2 aromatic carbocycles. The van der Waals surface area contributed by atoms with Crippen LogP contribution in [0.5, 0.6) is 0 Å². The van der Waals surface area contributed by atoms with E-state index in [0.717, 1.165) is 0 Å². The number of sulfonamides is 1. The highest BCUT2D eigenvalue weighted by molar-refractivity contribution is 7.91. The molecule has 0 amide bonds. The van der Waals surface area contributed by atoms with Gasteiger partial charge in [0.25, 0.3) is 0 Å². The van der Waals surface area contributed by atoms with Crippen LogP contribution < -0.4 is 4.72 Å². The Morgan fingerprint density at radius 3 is 2.12 bits per heavy atom. The van der Waals surface area contributed by atoms with Crippen molar-refractivity contribution in [3.05, 3.63) is 65.2 Å². The Balaban J connectivity index is 2.18. The number of anilines is 1. The van der Waals surface area contributed by atoms with Gasteiger partial charge in [0.15, 0.2) is 0 Å². The van der Waals surface area contributed by atoms with Crippen LogP contribution >= 0.6 is 0 Å². The van der Waals surface area contributed by atoms with E-state index >= 15 is 0 Å². The third-order valence-electron chi connectivity index (χ3n) is 3.33. The van der Waals surface area contributed by atoms with Gasteiger partial charge in [-0.05, 0) is 29.8 Å². The smallest absolute Gasteiger partial charge is 0.339 e. The number of esters is 2. The van der Waals surface area contributed by atoms with E-state index in [4.69, 9.17) is 0 Å². The Labute approximate surface area is 145 Å². The van der Waals surface area contributed by atoms with Gasteiger partial charge >= 0.3 is 11.9 Å². The van der Waals surface area contributed by atoms with Crippen LogP contribution in [0.2, 0.25) is 0 Å². The molecule has 2 rings (SSSR count). The second-order valence-electron chi connectivity index (χ2n) is 5.09. The molecule has 132 valence electrons. The fourth-order valence-corrected chi connectivity index (χ4v) is 3.35. The average molecular weight is 363 g/mol. The third-order valence-corrected chi connectivity index (χ3v) is 4.57. The van der Waals surface area contributed by atoms with E-state index in [2.05, 4.69) is 14.2 Å². The molecule has 0 spiro atoms. The van der Waals surface area contributed by atoms with Crippen LogP contribution in [0.1, 0.15) is 26.3 Å². The lowest BCUT2D eigenvalue weighted by Crippen LogP contribution is -2.17. The minimum Gasteiger partial charge on any atom is -0.465 e. The van der Waals surface area contributed by atoms with E-state index in [1.807, 2.05) is 0 Å². The third kappa shape index (κ3) is 4.80. The first kappa shape index (κ1) is 18.5. The van der Waals surface area contributed by atoms with E-state index in [9.17, 15) is 18.0 Å². The average Bonchev–Trinajstić information content (AvgIpc) is 2.60. The summed E-state index contributed by atoms with van der Waals surface area (Å²) in [6.45, 7) is 0. The molecule has 8 heteroatoms. The second-order valence-corrected chi connectivity index (χ2v) is 6.81. The van der Waals surface area contributed by atoms with Crippen LogP contribution in [0, 0.1) is 0 Å². The first-order valence-electron chi connectivity index (χ1n) is 7.21. The summed E-state index contributed by atoms with van der Waals surface area (Å²) in [6, 6.07) is 12.2. The molecule has 0 radical (unpaired) electrons. The van der Waals surface area contributed by atoms with Crippen molar-refractivity contribution in [3.63, 3.8) is 0 Å². The largest absolute Gasteiger partial charge is 0.465 e. The maximum Gasteiger partial charge on any atom is 0.339 e. The predicted molar refractivity (Wildman–Crippen MR) is 91.8 cm³/mol. The molecule has 0 saturated heterocycles. The van der Waals surface area contributed by atoms with Gasteiger partial charge in [-0.1, -0.05) is 24.3 Å². The summed E-state index contributed by atoms with van der Waals surface area (Å²) < 4.78 is 36.3. The summed E-state index contributed by atoms with van der Waals surface area (Å²) in [5.74, 6) is -1.45. The lowest BCUT2D eigenvalue weighted by molar-refractivity contribution is 0.0592. The van der Waals surface area contributed by atoms with Crippen LogP contribution in [-0.2, 0) is 25.2 Å². The SMILES string of the molecule is COC(=O)c1ccc(CS(=O)(=O)Nc2ccccc2C(=O)OC)cc1. The number of methoxy groups -OCH3 is 2. The maximum absolute atomic E-state index is 12.4. The predicted octanol–water partition coefficient (Wildman–Crippen LogP) is 2.20. The molecule has 0 saturated carbocycles. The summed E-state index contributed by atoms with van der Waals surface area (Å²) in [6.07, 6.45) is 0. The Morgan fingerprint density at radius 2 is 1.52 bits per heavy atom. The molecular formula is C17H17NO6S. The molecule has 0 aliphatic heterocycles. The molecular weight excluding hydrogens is 346 g/mol. The van der Waals surface area contributed by atoms with Crippen LogP contribution in [0.3, 0.4) is 0 Å². The molecule has 2 aromatic rings. The first-order valence-corrected chi connectivity index (χ1v) is 8.86. The highest BCUT2D eigenvalue weighted by Gasteiger charge is 2.17. The van der Waals surface area contributed by atoms with Crippen LogP contribution in [0.15, 0.2) is 48.5 Å². The first-order chi connectivity index (χ1) is 11.9. The van der Waals surface area contributed by atoms with Crippen molar-refractivity contribution in [2.75, 3.05) is 18.9 Å². The number of ether oxygens (including phenoxy) is 2. The van der Waals surface area contributed by atoms with Crippen LogP contribution in [0.25, 0.3) is 0 Å². The number of carbonyl (C=O) groups excluding carboxylic acids is 2. The van der Waals surface area contributed by atoms with E-state index < -0.39 is 22.0 Å².